The van der Waals surface area contributed by atoms with Crippen molar-refractivity contribution < 1.29 is 9.84 Å². The zero-order valence-electron chi connectivity index (χ0n) is 18.9. The SMILES string of the molecule is CN1CCC[C@H]1c1ccc(CCCCCCNC[C@H]2CCc3ccc(O)cc3O2)nc1. The summed E-state index contributed by atoms with van der Waals surface area (Å²) in [5.41, 5.74) is 3.80. The van der Waals surface area contributed by atoms with Gasteiger partial charge >= 0.3 is 0 Å². The Morgan fingerprint density at radius 2 is 2.03 bits per heavy atom. The summed E-state index contributed by atoms with van der Waals surface area (Å²) >= 11 is 0. The summed E-state index contributed by atoms with van der Waals surface area (Å²) in [6.45, 7) is 3.11. The number of pyridine rings is 1. The number of fused-ring (bicyclic) bond motifs is 1. The first kappa shape index (κ1) is 22.1. The first-order chi connectivity index (χ1) is 15.2. The van der Waals surface area contributed by atoms with E-state index in [1.54, 1.807) is 12.1 Å². The molecule has 1 saturated heterocycles. The Labute approximate surface area is 186 Å². The van der Waals surface area contributed by atoms with Crippen molar-refractivity contribution in [3.05, 3.63) is 53.3 Å². The maximum Gasteiger partial charge on any atom is 0.126 e. The lowest BCUT2D eigenvalue weighted by Crippen LogP contribution is -2.34. The van der Waals surface area contributed by atoms with Crippen LogP contribution < -0.4 is 10.1 Å². The third kappa shape index (κ3) is 6.20. The Balaban J connectivity index is 1.05. The van der Waals surface area contributed by atoms with Crippen LogP contribution in [-0.4, -0.2) is 47.8 Å². The molecule has 168 valence electrons. The van der Waals surface area contributed by atoms with Crippen molar-refractivity contribution in [1.29, 1.82) is 0 Å². The van der Waals surface area contributed by atoms with Crippen LogP contribution in [0.3, 0.4) is 0 Å². The summed E-state index contributed by atoms with van der Waals surface area (Å²) in [7, 11) is 2.22. The van der Waals surface area contributed by atoms with Gasteiger partial charge in [0.1, 0.15) is 17.6 Å². The predicted molar refractivity (Wildman–Crippen MR) is 125 cm³/mol. The van der Waals surface area contributed by atoms with Gasteiger partial charge in [0.2, 0.25) is 0 Å². The summed E-state index contributed by atoms with van der Waals surface area (Å²) in [6, 6.07) is 10.5. The van der Waals surface area contributed by atoms with Crippen LogP contribution in [0, 0.1) is 0 Å². The molecule has 4 rings (SSSR count). The van der Waals surface area contributed by atoms with Gasteiger partial charge in [-0.3, -0.25) is 9.88 Å². The molecule has 0 saturated carbocycles. The second-order valence-corrected chi connectivity index (χ2v) is 9.16. The Morgan fingerprint density at radius 3 is 2.84 bits per heavy atom. The number of nitrogens with zero attached hydrogens (tertiary/aromatic N) is 2. The minimum atomic E-state index is 0.201. The molecular weight excluding hydrogens is 386 g/mol. The quantitative estimate of drug-likeness (QED) is 0.545. The maximum absolute atomic E-state index is 9.63. The first-order valence-corrected chi connectivity index (χ1v) is 12.0. The average Bonchev–Trinajstić information content (AvgIpc) is 3.21. The molecule has 0 radical (unpaired) electrons. The van der Waals surface area contributed by atoms with E-state index >= 15 is 0 Å². The van der Waals surface area contributed by atoms with Crippen molar-refractivity contribution in [2.75, 3.05) is 26.7 Å². The summed E-state index contributed by atoms with van der Waals surface area (Å²) in [5.74, 6) is 1.12. The predicted octanol–water partition coefficient (Wildman–Crippen LogP) is 4.64. The number of hydrogen-bond acceptors (Lipinski definition) is 5. The fourth-order valence-corrected chi connectivity index (χ4v) is 4.84. The average molecular weight is 424 g/mol. The molecule has 0 aliphatic carbocycles. The highest BCUT2D eigenvalue weighted by molar-refractivity contribution is 5.41. The first-order valence-electron chi connectivity index (χ1n) is 12.0. The number of rotatable bonds is 10. The number of nitrogens with one attached hydrogen (secondary N) is 1. The van der Waals surface area contributed by atoms with E-state index < -0.39 is 0 Å². The Hall–Kier alpha value is -2.11. The molecule has 1 fully saturated rings. The van der Waals surface area contributed by atoms with Crippen molar-refractivity contribution in [1.82, 2.24) is 15.2 Å². The lowest BCUT2D eigenvalue weighted by atomic mass is 10.0. The summed E-state index contributed by atoms with van der Waals surface area (Å²) in [6.07, 6.45) is 12.9. The van der Waals surface area contributed by atoms with E-state index in [1.807, 2.05) is 6.07 Å². The minimum absolute atomic E-state index is 0.201. The number of unbranched alkanes of at least 4 members (excludes halogenated alkanes) is 3. The van der Waals surface area contributed by atoms with Crippen LogP contribution in [0.1, 0.15) is 67.8 Å². The Kier molecular flexibility index (Phi) is 7.81. The van der Waals surface area contributed by atoms with Crippen molar-refractivity contribution in [3.63, 3.8) is 0 Å². The second-order valence-electron chi connectivity index (χ2n) is 9.16. The number of aromatic hydroxyl groups is 1. The smallest absolute Gasteiger partial charge is 0.126 e. The van der Waals surface area contributed by atoms with E-state index in [9.17, 15) is 5.11 Å². The molecule has 1 aromatic heterocycles. The molecular formula is C26H37N3O2. The molecule has 5 nitrogen and oxygen atoms in total. The van der Waals surface area contributed by atoms with Gasteiger partial charge in [-0.05, 0) is 88.3 Å². The van der Waals surface area contributed by atoms with Gasteiger partial charge in [0, 0.05) is 30.5 Å². The van der Waals surface area contributed by atoms with Crippen LogP contribution >= 0.6 is 0 Å². The minimum Gasteiger partial charge on any atom is -0.508 e. The third-order valence-corrected chi connectivity index (χ3v) is 6.74. The number of phenolic OH excluding ortho intramolecular Hbond substituents is 1. The summed E-state index contributed by atoms with van der Waals surface area (Å²) < 4.78 is 6.02. The van der Waals surface area contributed by atoms with Crippen molar-refractivity contribution in [3.8, 4) is 11.5 Å². The van der Waals surface area contributed by atoms with E-state index in [0.29, 0.717) is 6.04 Å². The van der Waals surface area contributed by atoms with Gasteiger partial charge in [0.15, 0.2) is 0 Å². The lowest BCUT2D eigenvalue weighted by molar-refractivity contribution is 0.170. The van der Waals surface area contributed by atoms with Crippen LogP contribution in [0.15, 0.2) is 36.5 Å². The van der Waals surface area contributed by atoms with E-state index in [-0.39, 0.29) is 11.9 Å². The molecule has 3 heterocycles. The number of aromatic nitrogens is 1. The van der Waals surface area contributed by atoms with Crippen molar-refractivity contribution in [2.24, 2.45) is 0 Å². The molecule has 2 aliphatic heterocycles. The van der Waals surface area contributed by atoms with E-state index in [0.717, 1.165) is 38.1 Å². The van der Waals surface area contributed by atoms with E-state index in [2.05, 4.69) is 35.6 Å². The number of aryl methyl sites for hydroxylation is 2. The number of likely N-dealkylation sites (tertiary alicyclic amines) is 1. The maximum atomic E-state index is 9.63. The molecule has 0 spiro atoms. The van der Waals surface area contributed by atoms with Gasteiger partial charge in [-0.15, -0.1) is 0 Å². The Morgan fingerprint density at radius 1 is 1.13 bits per heavy atom. The van der Waals surface area contributed by atoms with Gasteiger partial charge in [-0.2, -0.15) is 0 Å². The Bertz CT molecular complexity index is 824. The monoisotopic (exact) mass is 423 g/mol. The highest BCUT2D eigenvalue weighted by atomic mass is 16.5. The second kappa shape index (κ2) is 11.0. The number of hydrogen-bond donors (Lipinski definition) is 2. The largest absolute Gasteiger partial charge is 0.508 e. The molecule has 5 heteroatoms. The molecule has 0 amide bonds. The molecule has 2 aliphatic rings. The molecule has 31 heavy (non-hydrogen) atoms. The summed E-state index contributed by atoms with van der Waals surface area (Å²) in [5, 5.41) is 13.2. The van der Waals surface area contributed by atoms with Gasteiger partial charge in [0.25, 0.3) is 0 Å². The highest BCUT2D eigenvalue weighted by Crippen LogP contribution is 2.31. The van der Waals surface area contributed by atoms with Crippen LogP contribution in [0.5, 0.6) is 11.5 Å². The molecule has 0 unspecified atom stereocenters. The number of phenols is 1. The van der Waals surface area contributed by atoms with E-state index in [4.69, 9.17) is 9.72 Å². The standard InChI is InChI=1S/C26H37N3O2/c1-29-16-6-8-25(29)21-9-12-22(28-18-21)7-4-2-3-5-15-27-19-24-14-11-20-10-13-23(30)17-26(20)31-24/h9-10,12-13,17-18,24-25,27,30H,2-8,11,14-16,19H2,1H3/t24-,25+/m1/s1. The topological polar surface area (TPSA) is 57.6 Å². The molecule has 1 aromatic carbocycles. The van der Waals surface area contributed by atoms with Gasteiger partial charge < -0.3 is 15.2 Å². The lowest BCUT2D eigenvalue weighted by Gasteiger charge is -2.26. The van der Waals surface area contributed by atoms with Gasteiger partial charge in [-0.25, -0.2) is 0 Å². The fraction of sp³-hybridized carbons (Fsp3) is 0.577. The van der Waals surface area contributed by atoms with Gasteiger partial charge in [0.05, 0.1) is 0 Å². The normalized spacial score (nSPS) is 21.1. The van der Waals surface area contributed by atoms with Crippen LogP contribution in [0.4, 0.5) is 0 Å². The van der Waals surface area contributed by atoms with Crippen LogP contribution in [-0.2, 0) is 12.8 Å². The molecule has 2 N–H and O–H groups in total. The number of benzene rings is 1. The zero-order chi connectivity index (χ0) is 21.5. The fourth-order valence-electron chi connectivity index (χ4n) is 4.84. The van der Waals surface area contributed by atoms with Crippen LogP contribution in [0.25, 0.3) is 0 Å². The van der Waals surface area contributed by atoms with E-state index in [1.165, 1.54) is 61.9 Å². The molecule has 2 atom stereocenters. The van der Waals surface area contributed by atoms with Gasteiger partial charge in [-0.1, -0.05) is 25.0 Å². The van der Waals surface area contributed by atoms with Crippen molar-refractivity contribution >= 4 is 0 Å². The zero-order valence-corrected chi connectivity index (χ0v) is 18.9. The molecule has 2 aromatic rings. The van der Waals surface area contributed by atoms with Crippen molar-refractivity contribution in [2.45, 2.75) is 69.9 Å². The molecule has 0 bridgehead atoms. The third-order valence-electron chi connectivity index (χ3n) is 6.74. The highest BCUT2D eigenvalue weighted by Gasteiger charge is 2.22. The van der Waals surface area contributed by atoms with Crippen LogP contribution in [0.2, 0.25) is 0 Å². The summed E-state index contributed by atoms with van der Waals surface area (Å²) in [4.78, 5) is 7.15. The number of ether oxygens (including phenoxy) is 1.